The van der Waals surface area contributed by atoms with Crippen molar-refractivity contribution in [3.05, 3.63) is 32.6 Å². The highest BCUT2D eigenvalue weighted by Crippen LogP contribution is 2.34. The zero-order chi connectivity index (χ0) is 18.0. The number of aryl methyl sites for hydroxylation is 1. The maximum atomic E-state index is 14.6. The number of ether oxygens (including phenoxy) is 2. The Hall–Kier alpha value is -1.94. The van der Waals surface area contributed by atoms with E-state index in [1.54, 1.807) is 0 Å². The number of esters is 1. The predicted octanol–water partition coefficient (Wildman–Crippen LogP) is 0.292. The highest BCUT2D eigenvalue weighted by atomic mass is 32.2. The summed E-state index contributed by atoms with van der Waals surface area (Å²) in [6, 6.07) is 0. The molecule has 1 aromatic rings. The van der Waals surface area contributed by atoms with Crippen molar-refractivity contribution in [3.8, 4) is 0 Å². The van der Waals surface area contributed by atoms with E-state index in [4.69, 9.17) is 9.47 Å². The minimum atomic E-state index is -1.72. The Bertz CT molecular complexity index is 760. The van der Waals surface area contributed by atoms with Crippen molar-refractivity contribution >= 4 is 22.8 Å². The van der Waals surface area contributed by atoms with Crippen molar-refractivity contribution in [3.63, 3.8) is 0 Å². The Morgan fingerprint density at radius 2 is 2.08 bits per heavy atom. The molecule has 0 amide bonds. The molecule has 0 bridgehead atoms. The Morgan fingerprint density at radius 1 is 1.42 bits per heavy atom. The second kappa shape index (κ2) is 7.31. The van der Waals surface area contributed by atoms with Crippen LogP contribution in [0.2, 0.25) is 0 Å². The van der Waals surface area contributed by atoms with Crippen molar-refractivity contribution in [2.75, 3.05) is 5.75 Å². The van der Waals surface area contributed by atoms with Crippen LogP contribution in [0.25, 0.3) is 0 Å². The van der Waals surface area contributed by atoms with Gasteiger partial charge in [0.2, 0.25) is 0 Å². The van der Waals surface area contributed by atoms with Crippen LogP contribution >= 0.6 is 11.8 Å². The normalized spacial score (nSPS) is 26.3. The van der Waals surface area contributed by atoms with Gasteiger partial charge in [-0.3, -0.25) is 23.9 Å². The molecule has 1 aliphatic heterocycles. The molecule has 24 heavy (non-hydrogen) atoms. The van der Waals surface area contributed by atoms with Crippen LogP contribution in [-0.2, 0) is 19.1 Å². The molecule has 0 spiro atoms. The largest absolute Gasteiger partial charge is 0.454 e. The number of nitrogens with one attached hydrogen (secondary N) is 1. The molecule has 1 saturated heterocycles. The molecule has 8 nitrogen and oxygen atoms in total. The maximum absolute atomic E-state index is 14.6. The van der Waals surface area contributed by atoms with Gasteiger partial charge in [0, 0.05) is 31.4 Å². The van der Waals surface area contributed by atoms with Gasteiger partial charge in [-0.1, -0.05) is 11.8 Å². The number of rotatable bonds is 4. The van der Waals surface area contributed by atoms with E-state index in [-0.39, 0.29) is 16.4 Å². The first kappa shape index (κ1) is 18.4. The molecule has 1 N–H and O–H groups in total. The van der Waals surface area contributed by atoms with E-state index in [1.807, 2.05) is 0 Å². The van der Waals surface area contributed by atoms with Crippen molar-refractivity contribution in [1.29, 1.82) is 0 Å². The Balaban J connectivity index is 2.36. The molecule has 0 unspecified atom stereocenters. The van der Waals surface area contributed by atoms with Gasteiger partial charge in [-0.15, -0.1) is 0 Å². The van der Waals surface area contributed by atoms with Crippen LogP contribution in [-0.4, -0.2) is 44.8 Å². The van der Waals surface area contributed by atoms with Crippen LogP contribution in [0.4, 0.5) is 4.39 Å². The molecule has 0 saturated carbocycles. The summed E-state index contributed by atoms with van der Waals surface area (Å²) in [7, 11) is 0. The van der Waals surface area contributed by atoms with Crippen LogP contribution in [0.15, 0.2) is 15.8 Å². The molecule has 1 fully saturated rings. The van der Waals surface area contributed by atoms with Gasteiger partial charge in [0.1, 0.15) is 6.10 Å². The minimum absolute atomic E-state index is 0.0157. The molecular formula is C14H17FN2O6S. The number of alkyl halides is 1. The van der Waals surface area contributed by atoms with Gasteiger partial charge in [0.05, 0.1) is 0 Å². The number of hydrogen-bond donors (Lipinski definition) is 1. The predicted molar refractivity (Wildman–Crippen MR) is 83.6 cm³/mol. The minimum Gasteiger partial charge on any atom is -0.454 e. The Kier molecular flexibility index (Phi) is 5.60. The second-order valence-corrected chi connectivity index (χ2v) is 6.56. The van der Waals surface area contributed by atoms with Gasteiger partial charge >= 0.3 is 11.7 Å². The SMILES string of the molecule is CC(=O)O[C@@H]1[C@@H](F)[C@@H](CSC(C)=O)O[C@H]1n1cc(C)c(=O)[nH]c1=O. The van der Waals surface area contributed by atoms with E-state index in [1.165, 1.54) is 20.0 Å². The third-order valence-electron chi connectivity index (χ3n) is 3.44. The number of aromatic amines is 1. The smallest absolute Gasteiger partial charge is 0.330 e. The monoisotopic (exact) mass is 360 g/mol. The van der Waals surface area contributed by atoms with E-state index < -0.39 is 41.8 Å². The number of nitrogens with zero attached hydrogens (tertiary/aromatic N) is 1. The summed E-state index contributed by atoms with van der Waals surface area (Å²) in [5, 5.41) is -0.213. The summed E-state index contributed by atoms with van der Waals surface area (Å²) in [5.74, 6) is -0.715. The Morgan fingerprint density at radius 3 is 2.67 bits per heavy atom. The van der Waals surface area contributed by atoms with Crippen molar-refractivity contribution in [2.24, 2.45) is 0 Å². The standard InChI is InChI=1S/C14H17FN2O6S/c1-6-4-17(14(21)16-12(6)20)13-11(22-7(2)18)10(15)9(23-13)5-24-8(3)19/h4,9-11,13H,5H2,1-3H3,(H,16,20,21)/t9-,10+,11-,13-/m1/s1. The highest BCUT2D eigenvalue weighted by Gasteiger charge is 2.48. The van der Waals surface area contributed by atoms with Gasteiger partial charge in [0.15, 0.2) is 23.6 Å². The molecule has 132 valence electrons. The van der Waals surface area contributed by atoms with E-state index in [0.29, 0.717) is 0 Å². The average molecular weight is 360 g/mol. The maximum Gasteiger partial charge on any atom is 0.330 e. The molecule has 0 radical (unpaired) electrons. The number of hydrogen-bond acceptors (Lipinski definition) is 7. The zero-order valence-electron chi connectivity index (χ0n) is 13.3. The first-order valence-corrected chi connectivity index (χ1v) is 8.11. The summed E-state index contributed by atoms with van der Waals surface area (Å²) >= 11 is 0.871. The average Bonchev–Trinajstić information content (AvgIpc) is 2.77. The topological polar surface area (TPSA) is 107 Å². The highest BCUT2D eigenvalue weighted by molar-refractivity contribution is 8.13. The number of thioether (sulfide) groups is 1. The molecule has 1 aliphatic rings. The summed E-state index contributed by atoms with van der Waals surface area (Å²) in [4.78, 5) is 47.9. The quantitative estimate of drug-likeness (QED) is 0.769. The van der Waals surface area contributed by atoms with Gasteiger partial charge in [-0.2, -0.15) is 0 Å². The van der Waals surface area contributed by atoms with Gasteiger partial charge in [0.25, 0.3) is 5.56 Å². The third-order valence-corrected chi connectivity index (χ3v) is 4.34. The van der Waals surface area contributed by atoms with Gasteiger partial charge < -0.3 is 9.47 Å². The van der Waals surface area contributed by atoms with Crippen LogP contribution in [0, 0.1) is 6.92 Å². The summed E-state index contributed by atoms with van der Waals surface area (Å²) in [6.07, 6.45) is -4.12. The lowest BCUT2D eigenvalue weighted by molar-refractivity contribution is -0.154. The van der Waals surface area contributed by atoms with E-state index in [2.05, 4.69) is 4.98 Å². The first-order valence-electron chi connectivity index (χ1n) is 7.13. The van der Waals surface area contributed by atoms with E-state index in [0.717, 1.165) is 23.3 Å². The third kappa shape index (κ3) is 3.93. The lowest BCUT2D eigenvalue weighted by Crippen LogP contribution is -2.39. The number of halogens is 1. The summed E-state index contributed by atoms with van der Waals surface area (Å²) in [6.45, 7) is 3.92. The van der Waals surface area contributed by atoms with Crippen molar-refractivity contribution < 1.29 is 23.5 Å². The van der Waals surface area contributed by atoms with Crippen LogP contribution < -0.4 is 11.2 Å². The number of H-pyrrole nitrogens is 1. The van der Waals surface area contributed by atoms with E-state index in [9.17, 15) is 23.6 Å². The van der Waals surface area contributed by atoms with E-state index >= 15 is 0 Å². The molecule has 10 heteroatoms. The van der Waals surface area contributed by atoms with Crippen molar-refractivity contribution in [1.82, 2.24) is 9.55 Å². The summed E-state index contributed by atoms with van der Waals surface area (Å²) in [5.41, 5.74) is -1.16. The lowest BCUT2D eigenvalue weighted by Gasteiger charge is -2.20. The molecule has 4 atom stereocenters. The summed E-state index contributed by atoms with van der Waals surface area (Å²) < 4.78 is 26.1. The van der Waals surface area contributed by atoms with Crippen LogP contribution in [0.5, 0.6) is 0 Å². The van der Waals surface area contributed by atoms with Crippen molar-refractivity contribution in [2.45, 2.75) is 45.4 Å². The molecule has 2 rings (SSSR count). The zero-order valence-corrected chi connectivity index (χ0v) is 14.1. The Labute approximate surface area is 140 Å². The molecule has 0 aliphatic carbocycles. The first-order chi connectivity index (χ1) is 11.2. The number of carbonyl (C=O) groups excluding carboxylic acids is 2. The van der Waals surface area contributed by atoms with Crippen LogP contribution in [0.1, 0.15) is 25.6 Å². The molecular weight excluding hydrogens is 343 g/mol. The fraction of sp³-hybridized carbons (Fsp3) is 0.571. The lowest BCUT2D eigenvalue weighted by atomic mass is 10.1. The molecule has 1 aromatic heterocycles. The fourth-order valence-corrected chi connectivity index (χ4v) is 3.01. The number of aromatic nitrogens is 2. The molecule has 0 aromatic carbocycles. The van der Waals surface area contributed by atoms with Gasteiger partial charge in [-0.05, 0) is 6.92 Å². The van der Waals surface area contributed by atoms with Crippen LogP contribution in [0.3, 0.4) is 0 Å². The number of carbonyl (C=O) groups is 2. The molecule has 2 heterocycles. The second-order valence-electron chi connectivity index (χ2n) is 5.36. The van der Waals surface area contributed by atoms with Gasteiger partial charge in [-0.25, -0.2) is 9.18 Å². The fourth-order valence-electron chi connectivity index (χ4n) is 2.34.